The van der Waals surface area contributed by atoms with Gasteiger partial charge in [-0.2, -0.15) is 0 Å². The van der Waals surface area contributed by atoms with Gasteiger partial charge in [-0.3, -0.25) is 9.05 Å². The highest BCUT2D eigenvalue weighted by atomic mass is 31.2. The molecule has 0 aromatic carbocycles. The van der Waals surface area contributed by atoms with E-state index >= 15 is 0 Å². The molecule has 5 nitrogen and oxygen atoms in total. The Kier molecular flexibility index (Phi) is 15.5. The van der Waals surface area contributed by atoms with E-state index in [1.165, 1.54) is 12.2 Å². The molecule has 0 aliphatic heterocycles. The van der Waals surface area contributed by atoms with Gasteiger partial charge < -0.3 is 10.00 Å². The molecule has 0 aromatic rings. The fraction of sp³-hybridized carbons (Fsp3) is 0.200. The molecule has 0 amide bonds. The van der Waals surface area contributed by atoms with E-state index in [9.17, 15) is 14.6 Å². The van der Waals surface area contributed by atoms with Crippen LogP contribution in [-0.2, 0) is 13.6 Å². The summed E-state index contributed by atoms with van der Waals surface area (Å²) < 4.78 is 21.4. The van der Waals surface area contributed by atoms with Crippen LogP contribution in [0.4, 0.5) is 0 Å². The average Bonchev–Trinajstić information content (AvgIpc) is 2.74. The van der Waals surface area contributed by atoms with Crippen LogP contribution in [0.2, 0.25) is 0 Å². The number of rotatable bonds is 7. The standard InChI is InChI=1S/C25H17O5P/c1-4-7-8-9-10-11-12-13-14-15-16-17-18-19-20-22-24(26)25(21-5-2)30-31(27,28)29-23-6-3/h5,21,25-26H,1,6,23H2,2-3H3,(H,27,28)/b21-5+. The third-order valence-corrected chi connectivity index (χ3v) is 3.44. The molecule has 6 heteroatoms. The zero-order valence-corrected chi connectivity index (χ0v) is 17.8. The third-order valence-electron chi connectivity index (χ3n) is 2.43. The number of phosphoric acid groups is 1. The summed E-state index contributed by atoms with van der Waals surface area (Å²) in [6.45, 7) is 6.75. The predicted molar refractivity (Wildman–Crippen MR) is 114 cm³/mol. The maximum absolute atomic E-state index is 11.8. The third kappa shape index (κ3) is 16.5. The van der Waals surface area contributed by atoms with Crippen LogP contribution in [0, 0.1) is 0 Å². The van der Waals surface area contributed by atoms with E-state index in [1.54, 1.807) is 13.8 Å². The van der Waals surface area contributed by atoms with Crippen LogP contribution in [0.15, 0.2) is 116 Å². The lowest BCUT2D eigenvalue weighted by molar-refractivity contribution is 0.118. The highest BCUT2D eigenvalue weighted by Crippen LogP contribution is 2.45. The van der Waals surface area contributed by atoms with Crippen molar-refractivity contribution in [3.05, 3.63) is 116 Å². The second-order valence-electron chi connectivity index (χ2n) is 4.79. The van der Waals surface area contributed by atoms with E-state index in [1.807, 2.05) is 0 Å². The average molecular weight is 428 g/mol. The van der Waals surface area contributed by atoms with Gasteiger partial charge in [0, 0.05) is 0 Å². The zero-order chi connectivity index (χ0) is 23.2. The van der Waals surface area contributed by atoms with E-state index in [2.05, 4.69) is 98.3 Å². The molecule has 2 N–H and O–H groups in total. The molecule has 0 aliphatic rings. The second kappa shape index (κ2) is 17.9. The molecular weight excluding hydrogens is 411 g/mol. The molecule has 152 valence electrons. The smallest absolute Gasteiger partial charge is 0.473 e. The Labute approximate surface area is 180 Å². The summed E-state index contributed by atoms with van der Waals surface area (Å²) in [5, 5.41) is 9.94. The molecular formula is C25H17O5P. The minimum absolute atomic E-state index is 0.0380. The molecule has 0 aliphatic carbocycles. The lowest BCUT2D eigenvalue weighted by Gasteiger charge is -2.16. The van der Waals surface area contributed by atoms with Gasteiger partial charge >= 0.3 is 7.82 Å². The Balaban J connectivity index is 5.89. The van der Waals surface area contributed by atoms with Crippen LogP contribution < -0.4 is 0 Å². The number of aliphatic hydroxyl groups excluding tert-OH is 1. The van der Waals surface area contributed by atoms with Gasteiger partial charge in [-0.15, -0.1) is 0 Å². The van der Waals surface area contributed by atoms with Gasteiger partial charge in [0.15, 0.2) is 11.9 Å². The normalized spacial score (nSPS) is 10.5. The lowest BCUT2D eigenvalue weighted by atomic mass is 10.3. The van der Waals surface area contributed by atoms with Crippen molar-refractivity contribution in [1.82, 2.24) is 0 Å². The number of aliphatic hydroxyl groups is 1. The largest absolute Gasteiger partial charge is 0.502 e. The zero-order valence-electron chi connectivity index (χ0n) is 16.9. The lowest BCUT2D eigenvalue weighted by Crippen LogP contribution is -2.12. The summed E-state index contributed by atoms with van der Waals surface area (Å²) in [6.07, 6.45) is 2.16. The van der Waals surface area contributed by atoms with Crippen molar-refractivity contribution in [2.24, 2.45) is 0 Å². The van der Waals surface area contributed by atoms with E-state index in [4.69, 9.17) is 9.05 Å². The molecule has 0 rings (SSSR count). The fourth-order valence-corrected chi connectivity index (χ4v) is 2.25. The Bertz CT molecular complexity index is 1340. The summed E-state index contributed by atoms with van der Waals surface area (Å²) in [6, 6.07) is 0. The summed E-state index contributed by atoms with van der Waals surface area (Å²) in [7, 11) is -4.33. The van der Waals surface area contributed by atoms with Crippen molar-refractivity contribution in [3.63, 3.8) is 0 Å². The van der Waals surface area contributed by atoms with Crippen LogP contribution in [0.25, 0.3) is 0 Å². The highest BCUT2D eigenvalue weighted by molar-refractivity contribution is 7.47. The summed E-state index contributed by atoms with van der Waals surface area (Å²) in [4.78, 5) is 9.61. The van der Waals surface area contributed by atoms with Crippen molar-refractivity contribution in [3.8, 4) is 0 Å². The Morgan fingerprint density at radius 1 is 0.935 bits per heavy atom. The van der Waals surface area contributed by atoms with Gasteiger partial charge in [0.2, 0.25) is 0 Å². The molecule has 2 atom stereocenters. The van der Waals surface area contributed by atoms with E-state index < -0.39 is 19.7 Å². The first kappa shape index (κ1) is 26.9. The van der Waals surface area contributed by atoms with Gasteiger partial charge in [-0.25, -0.2) is 4.57 Å². The minimum Gasteiger partial charge on any atom is -0.502 e. The van der Waals surface area contributed by atoms with Crippen LogP contribution in [0.3, 0.4) is 0 Å². The molecule has 31 heavy (non-hydrogen) atoms. The molecule has 0 aromatic heterocycles. The summed E-state index contributed by atoms with van der Waals surface area (Å²) in [5.41, 5.74) is 38.8. The van der Waals surface area contributed by atoms with Crippen molar-refractivity contribution >= 4 is 7.82 Å². The monoisotopic (exact) mass is 428 g/mol. The van der Waals surface area contributed by atoms with Crippen molar-refractivity contribution in [2.75, 3.05) is 6.61 Å². The number of allylic oxidation sites excluding steroid dienone is 1. The number of hydrogen-bond acceptors (Lipinski definition) is 4. The van der Waals surface area contributed by atoms with Crippen molar-refractivity contribution in [1.29, 1.82) is 0 Å². The first-order chi connectivity index (χ1) is 15.0. The molecule has 0 spiro atoms. The maximum Gasteiger partial charge on any atom is 0.473 e. The molecule has 0 radical (unpaired) electrons. The highest BCUT2D eigenvalue weighted by Gasteiger charge is 2.27. The van der Waals surface area contributed by atoms with E-state index in [-0.39, 0.29) is 6.61 Å². The van der Waals surface area contributed by atoms with Gasteiger partial charge in [-0.05, 0) is 106 Å². The summed E-state index contributed by atoms with van der Waals surface area (Å²) in [5.74, 6) is -0.506. The van der Waals surface area contributed by atoms with E-state index in [0.717, 1.165) is 0 Å². The predicted octanol–water partition coefficient (Wildman–Crippen LogP) is 5.03. The van der Waals surface area contributed by atoms with Gasteiger partial charge in [0.1, 0.15) is 0 Å². The Morgan fingerprint density at radius 2 is 1.39 bits per heavy atom. The quantitative estimate of drug-likeness (QED) is 0.258. The molecule has 0 saturated heterocycles. The topological polar surface area (TPSA) is 76.0 Å². The van der Waals surface area contributed by atoms with Crippen LogP contribution >= 0.6 is 7.82 Å². The van der Waals surface area contributed by atoms with Crippen LogP contribution in [0.5, 0.6) is 0 Å². The number of phosphoric ester groups is 1. The van der Waals surface area contributed by atoms with Crippen molar-refractivity contribution < 1.29 is 23.6 Å². The fourth-order valence-electron chi connectivity index (χ4n) is 1.32. The molecule has 0 heterocycles. The molecule has 2 unspecified atom stereocenters. The van der Waals surface area contributed by atoms with Gasteiger partial charge in [0.25, 0.3) is 0 Å². The number of hydrogen-bond donors (Lipinski definition) is 2. The van der Waals surface area contributed by atoms with Gasteiger partial charge in [-0.1, -0.05) is 24.8 Å². The Morgan fingerprint density at radius 3 is 1.81 bits per heavy atom. The van der Waals surface area contributed by atoms with Gasteiger partial charge in [0.05, 0.1) is 6.61 Å². The first-order valence-corrected chi connectivity index (χ1v) is 10.1. The van der Waals surface area contributed by atoms with E-state index in [0.29, 0.717) is 6.42 Å². The second-order valence-corrected chi connectivity index (χ2v) is 6.20. The summed E-state index contributed by atoms with van der Waals surface area (Å²) >= 11 is 0. The van der Waals surface area contributed by atoms with Crippen LogP contribution in [0.1, 0.15) is 20.3 Å². The van der Waals surface area contributed by atoms with Crippen LogP contribution in [-0.4, -0.2) is 22.7 Å². The van der Waals surface area contributed by atoms with Crippen molar-refractivity contribution in [2.45, 2.75) is 26.4 Å². The minimum atomic E-state index is -4.33. The maximum atomic E-state index is 11.8. The molecule has 0 bridgehead atoms. The Hall–Kier alpha value is -4.13. The molecule has 0 saturated carbocycles. The molecule has 0 fully saturated rings. The SMILES string of the molecule is C=C=C=C=C=C=C=C=C=C=C=C=C=C=C=C=C=C(O)C(/C=C/C)OP(=O)(O)OCCC. The first-order valence-electron chi connectivity index (χ1n) is 8.59.